The third kappa shape index (κ3) is 6.30. The fraction of sp³-hybridized carbons (Fsp3) is 0.412. The summed E-state index contributed by atoms with van der Waals surface area (Å²) >= 11 is 0. The Bertz CT molecular complexity index is 2130. The molecule has 8 rings (SSSR count). The summed E-state index contributed by atoms with van der Waals surface area (Å²) in [6.45, 7) is 2.66. The van der Waals surface area contributed by atoms with E-state index in [4.69, 9.17) is 10.2 Å². The van der Waals surface area contributed by atoms with E-state index in [1.54, 1.807) is 10.6 Å². The molecule has 2 saturated carbocycles. The summed E-state index contributed by atoms with van der Waals surface area (Å²) in [6.07, 6.45) is 5.35. The average Bonchev–Trinajstić information content (AvgIpc) is 3.99. The highest BCUT2D eigenvalue weighted by atomic mass is 19.2. The largest absolute Gasteiger partial charge is 0.511 e. The third-order valence-corrected chi connectivity index (χ3v) is 9.78. The second kappa shape index (κ2) is 12.4. The van der Waals surface area contributed by atoms with Crippen molar-refractivity contribution in [2.75, 3.05) is 31.6 Å². The number of benzene rings is 2. The van der Waals surface area contributed by atoms with Crippen molar-refractivity contribution in [3.63, 3.8) is 0 Å². The number of fused-ring (bicyclic) bond motifs is 3. The van der Waals surface area contributed by atoms with Crippen molar-refractivity contribution in [3.05, 3.63) is 74.6 Å². The van der Waals surface area contributed by atoms with Gasteiger partial charge in [-0.3, -0.25) is 9.59 Å². The van der Waals surface area contributed by atoms with Crippen LogP contribution in [-0.2, 0) is 0 Å². The smallest absolute Gasteiger partial charge is 0.449 e. The van der Waals surface area contributed by atoms with Gasteiger partial charge >= 0.3 is 12.3 Å². The Morgan fingerprint density at radius 2 is 1.24 bits per heavy atom. The first-order chi connectivity index (χ1) is 23.4. The lowest BCUT2D eigenvalue weighted by Crippen LogP contribution is -2.42. The van der Waals surface area contributed by atoms with Crippen LogP contribution in [0.25, 0.3) is 21.8 Å². The second-order valence-electron chi connectivity index (χ2n) is 13.1. The molecule has 15 heteroatoms. The number of aromatic nitrogens is 2. The van der Waals surface area contributed by atoms with Crippen LogP contribution in [0.1, 0.15) is 50.6 Å². The van der Waals surface area contributed by atoms with E-state index >= 15 is 4.39 Å². The van der Waals surface area contributed by atoms with Gasteiger partial charge in [0, 0.05) is 37.3 Å². The van der Waals surface area contributed by atoms with Gasteiger partial charge in [-0.05, 0) is 76.2 Å². The molecule has 4 heterocycles. The minimum atomic E-state index is -1.63. The van der Waals surface area contributed by atoms with Gasteiger partial charge in [-0.25, -0.2) is 22.8 Å². The van der Waals surface area contributed by atoms with Crippen molar-refractivity contribution in [1.29, 1.82) is 0 Å². The molecule has 2 saturated heterocycles. The van der Waals surface area contributed by atoms with E-state index in [1.165, 1.54) is 24.9 Å². The van der Waals surface area contributed by atoms with Gasteiger partial charge in [0.05, 0.1) is 39.9 Å². The van der Waals surface area contributed by atoms with Gasteiger partial charge in [0.1, 0.15) is 5.82 Å². The molecule has 0 spiro atoms. The Hall–Kier alpha value is -5.05. The maximum atomic E-state index is 15.1. The maximum absolute atomic E-state index is 15.1. The monoisotopic (exact) mass is 682 g/mol. The number of hydrogen-bond donors (Lipinski definition) is 2. The van der Waals surface area contributed by atoms with E-state index < -0.39 is 46.4 Å². The van der Waals surface area contributed by atoms with E-state index in [9.17, 15) is 28.0 Å². The SMILES string of the molecule is CN1CCCC2CN(c3cc4c(cc3F)c(=O)c(OC(=O)O)cn4C3CC3)CC21.O=C(O)Oc1cn(C2CC2)c2cc(F)c(F)cc2c1=O. The number of ether oxygens (including phenoxy) is 2. The first kappa shape index (κ1) is 32.5. The number of piperidine rings is 1. The predicted octanol–water partition coefficient (Wildman–Crippen LogP) is 5.73. The van der Waals surface area contributed by atoms with Gasteiger partial charge in [0.25, 0.3) is 0 Å². The minimum Gasteiger partial charge on any atom is -0.449 e. The summed E-state index contributed by atoms with van der Waals surface area (Å²) in [5.41, 5.74) is 0.00258. The van der Waals surface area contributed by atoms with Gasteiger partial charge < -0.3 is 38.6 Å². The van der Waals surface area contributed by atoms with Crippen molar-refractivity contribution < 1.29 is 42.4 Å². The summed E-state index contributed by atoms with van der Waals surface area (Å²) in [7, 11) is 2.13. The van der Waals surface area contributed by atoms with Crippen LogP contribution >= 0.6 is 0 Å². The highest BCUT2D eigenvalue weighted by Crippen LogP contribution is 2.41. The minimum absolute atomic E-state index is 0.0408. The van der Waals surface area contributed by atoms with Gasteiger partial charge in [-0.15, -0.1) is 0 Å². The number of anilines is 1. The highest BCUT2D eigenvalue weighted by molar-refractivity contribution is 5.85. The van der Waals surface area contributed by atoms with Crippen molar-refractivity contribution in [1.82, 2.24) is 14.0 Å². The van der Waals surface area contributed by atoms with E-state index in [2.05, 4.69) is 26.3 Å². The molecular weight excluding hydrogens is 649 g/mol. The summed E-state index contributed by atoms with van der Waals surface area (Å²) < 4.78 is 54.2. The molecule has 2 aromatic carbocycles. The van der Waals surface area contributed by atoms with Crippen LogP contribution in [0.3, 0.4) is 0 Å². The molecule has 2 unspecified atom stereocenters. The van der Waals surface area contributed by atoms with Gasteiger partial charge in [0.15, 0.2) is 23.1 Å². The van der Waals surface area contributed by atoms with Crippen LogP contribution in [0.5, 0.6) is 11.5 Å². The molecule has 2 aromatic heterocycles. The maximum Gasteiger partial charge on any atom is 0.511 e. The molecule has 4 aromatic rings. The third-order valence-electron chi connectivity index (χ3n) is 9.78. The molecule has 0 amide bonds. The molecule has 0 bridgehead atoms. The number of likely N-dealkylation sites (tertiary alicyclic amines) is 1. The van der Waals surface area contributed by atoms with Gasteiger partial charge in [-0.2, -0.15) is 0 Å². The van der Waals surface area contributed by atoms with Crippen LogP contribution < -0.4 is 25.2 Å². The summed E-state index contributed by atoms with van der Waals surface area (Å²) in [5.74, 6) is -2.84. The molecule has 258 valence electrons. The lowest BCUT2D eigenvalue weighted by molar-refractivity contribution is 0.142. The summed E-state index contributed by atoms with van der Waals surface area (Å²) in [6, 6.07) is 5.35. The number of halogens is 3. The van der Waals surface area contributed by atoms with Crippen LogP contribution in [0.15, 0.2) is 46.2 Å². The van der Waals surface area contributed by atoms with Crippen molar-refractivity contribution in [2.24, 2.45) is 5.92 Å². The fourth-order valence-electron chi connectivity index (χ4n) is 7.14. The molecule has 0 radical (unpaired) electrons. The fourth-order valence-corrected chi connectivity index (χ4v) is 7.14. The number of pyridine rings is 2. The predicted molar refractivity (Wildman–Crippen MR) is 171 cm³/mol. The van der Waals surface area contributed by atoms with E-state index in [1.807, 2.05) is 4.57 Å². The van der Waals surface area contributed by atoms with Crippen LogP contribution in [0.2, 0.25) is 0 Å². The zero-order chi connectivity index (χ0) is 34.7. The summed E-state index contributed by atoms with van der Waals surface area (Å²) in [5, 5.41) is 17.6. The lowest BCUT2D eigenvalue weighted by atomic mass is 9.93. The molecule has 4 fully saturated rings. The zero-order valence-corrected chi connectivity index (χ0v) is 26.4. The van der Waals surface area contributed by atoms with Crippen LogP contribution in [-0.4, -0.2) is 69.3 Å². The highest BCUT2D eigenvalue weighted by Gasteiger charge is 2.38. The Morgan fingerprint density at radius 1 is 0.735 bits per heavy atom. The van der Waals surface area contributed by atoms with Gasteiger partial charge in [-0.1, -0.05) is 0 Å². The molecule has 12 nitrogen and oxygen atoms in total. The normalized spacial score (nSPS) is 20.5. The molecule has 2 aliphatic carbocycles. The zero-order valence-electron chi connectivity index (χ0n) is 26.4. The number of hydrogen-bond acceptors (Lipinski definition) is 8. The Morgan fingerprint density at radius 3 is 1.76 bits per heavy atom. The first-order valence-corrected chi connectivity index (χ1v) is 16.1. The number of nitrogens with zero attached hydrogens (tertiary/aromatic N) is 4. The van der Waals surface area contributed by atoms with Crippen LogP contribution in [0.4, 0.5) is 28.4 Å². The first-order valence-electron chi connectivity index (χ1n) is 16.1. The molecule has 2 N–H and O–H groups in total. The van der Waals surface area contributed by atoms with Crippen LogP contribution in [0, 0.1) is 23.4 Å². The van der Waals surface area contributed by atoms with Crippen molar-refractivity contribution >= 4 is 39.8 Å². The van der Waals surface area contributed by atoms with Crippen molar-refractivity contribution in [2.45, 2.75) is 56.7 Å². The number of carboxylic acid groups (broad SMARTS) is 2. The number of carbonyl (C=O) groups is 2. The van der Waals surface area contributed by atoms with E-state index in [0.717, 1.165) is 63.9 Å². The molecule has 49 heavy (non-hydrogen) atoms. The van der Waals surface area contributed by atoms with E-state index in [0.29, 0.717) is 23.2 Å². The summed E-state index contributed by atoms with van der Waals surface area (Å²) in [4.78, 5) is 50.7. The number of rotatable bonds is 5. The molecule has 4 aliphatic rings. The Balaban J connectivity index is 0.000000166. The molecule has 2 aliphatic heterocycles. The second-order valence-corrected chi connectivity index (χ2v) is 13.1. The van der Waals surface area contributed by atoms with Gasteiger partial charge in [0.2, 0.25) is 10.9 Å². The van der Waals surface area contributed by atoms with Crippen molar-refractivity contribution in [3.8, 4) is 11.5 Å². The molecular formula is C34H33F3N4O8. The quantitative estimate of drug-likeness (QED) is 0.251. The standard InChI is InChI=1S/C21H24FN3O4.C13H9F2NO4/c1-23-6-2-3-12-9-24(10-18(12)23)17-8-16-14(7-15(17)22)20(26)19(29-21(27)28)11-25(16)13-4-5-13;14-8-3-7-10(4-9(8)15)16(6-1-2-6)5-11(12(7)17)20-13(18)19/h7-8,11-13,18H,2-6,9-10H2,1H3,(H,27,28);3-6H,1-2H2,(H,18,19). The van der Waals surface area contributed by atoms with E-state index in [-0.39, 0.29) is 34.1 Å². The Labute approximate surface area is 276 Å². The average molecular weight is 683 g/mol. The Kier molecular flexibility index (Phi) is 8.25. The number of likely N-dealkylation sites (N-methyl/N-ethyl adjacent to an activating group) is 1. The lowest BCUT2D eigenvalue weighted by Gasteiger charge is -2.33. The topological polar surface area (TPSA) is 144 Å². The molecule has 2 atom stereocenters.